The van der Waals surface area contributed by atoms with Gasteiger partial charge in [-0.1, -0.05) is 0 Å². The van der Waals surface area contributed by atoms with Crippen LogP contribution in [0.25, 0.3) is 0 Å². The van der Waals surface area contributed by atoms with Gasteiger partial charge in [-0.25, -0.2) is 0 Å². The molecule has 2 N–H and O–H groups in total. The molecule has 0 unspecified atom stereocenters. The van der Waals surface area contributed by atoms with E-state index in [9.17, 15) is 0 Å². The highest BCUT2D eigenvalue weighted by atomic mass is 15.2. The van der Waals surface area contributed by atoms with Crippen molar-refractivity contribution in [2.45, 2.75) is 6.17 Å². The predicted molar refractivity (Wildman–Crippen MR) is 40.2 cm³/mol. The topological polar surface area (TPSA) is 32.5 Å². The van der Waals surface area contributed by atoms with Crippen molar-refractivity contribution in [3.8, 4) is 0 Å². The molecule has 0 fully saturated rings. The Kier molecular flexibility index (Phi) is 3.77. The van der Waals surface area contributed by atoms with Gasteiger partial charge in [0.05, 0.1) is 6.17 Å². The van der Waals surface area contributed by atoms with Crippen molar-refractivity contribution in [3.63, 3.8) is 0 Å². The van der Waals surface area contributed by atoms with Crippen LogP contribution in [0.2, 0.25) is 0 Å². The van der Waals surface area contributed by atoms with Crippen LogP contribution in [0.15, 0.2) is 0 Å². The standard InChI is InChI=1S/C6H17N3/c1-8(2)5-6(7)9(3)4/h6H,5,7H2,1-4H3/t6-/m0/s1. The number of nitrogens with two attached hydrogens (primary N) is 1. The third-order valence-corrected chi connectivity index (χ3v) is 1.22. The van der Waals surface area contributed by atoms with Crippen molar-refractivity contribution in [1.82, 2.24) is 9.80 Å². The molecule has 0 saturated heterocycles. The molecule has 0 saturated carbocycles. The van der Waals surface area contributed by atoms with Crippen LogP contribution in [0.3, 0.4) is 0 Å². The normalized spacial score (nSPS) is 15.0. The summed E-state index contributed by atoms with van der Waals surface area (Å²) in [7, 11) is 8.00. The lowest BCUT2D eigenvalue weighted by Crippen LogP contribution is -2.44. The van der Waals surface area contributed by atoms with Crippen LogP contribution in [-0.4, -0.2) is 50.7 Å². The molecule has 0 aliphatic heterocycles. The zero-order valence-corrected chi connectivity index (χ0v) is 6.76. The average Bonchev–Trinajstić information content (AvgIpc) is 1.63. The van der Waals surface area contributed by atoms with Crippen LogP contribution in [0.5, 0.6) is 0 Å². The van der Waals surface area contributed by atoms with E-state index in [1.807, 2.05) is 33.1 Å². The molecule has 56 valence electrons. The first kappa shape index (κ1) is 8.88. The molecule has 0 spiro atoms. The summed E-state index contributed by atoms with van der Waals surface area (Å²) < 4.78 is 0. The molecule has 0 aliphatic rings. The maximum atomic E-state index is 5.70. The highest BCUT2D eigenvalue weighted by Crippen LogP contribution is 1.84. The Labute approximate surface area is 57.4 Å². The lowest BCUT2D eigenvalue weighted by Gasteiger charge is -2.22. The summed E-state index contributed by atoms with van der Waals surface area (Å²) in [6, 6.07) is 0. The minimum atomic E-state index is 0.153. The number of hydrogen-bond donors (Lipinski definition) is 1. The quantitative estimate of drug-likeness (QED) is 0.519. The largest absolute Gasteiger partial charge is 0.315 e. The summed E-state index contributed by atoms with van der Waals surface area (Å²) in [6.07, 6.45) is 0.153. The van der Waals surface area contributed by atoms with Crippen molar-refractivity contribution in [3.05, 3.63) is 0 Å². The molecule has 3 heteroatoms. The second-order valence-corrected chi connectivity index (χ2v) is 2.79. The lowest BCUT2D eigenvalue weighted by atomic mass is 10.4. The van der Waals surface area contributed by atoms with E-state index < -0.39 is 0 Å². The molecule has 3 nitrogen and oxygen atoms in total. The Morgan fingerprint density at radius 3 is 1.78 bits per heavy atom. The fourth-order valence-corrected chi connectivity index (χ4v) is 0.537. The van der Waals surface area contributed by atoms with Gasteiger partial charge in [0.1, 0.15) is 0 Å². The first-order chi connectivity index (χ1) is 4.04. The van der Waals surface area contributed by atoms with Crippen molar-refractivity contribution in [1.29, 1.82) is 0 Å². The highest BCUT2D eigenvalue weighted by Gasteiger charge is 2.03. The summed E-state index contributed by atoms with van der Waals surface area (Å²) in [5, 5.41) is 0. The molecule has 0 aromatic heterocycles. The number of hydrogen-bond acceptors (Lipinski definition) is 3. The number of rotatable bonds is 3. The molecule has 0 amide bonds. The van der Waals surface area contributed by atoms with Gasteiger partial charge in [0, 0.05) is 6.54 Å². The van der Waals surface area contributed by atoms with E-state index in [1.54, 1.807) is 0 Å². The van der Waals surface area contributed by atoms with Gasteiger partial charge in [-0.2, -0.15) is 0 Å². The minimum absolute atomic E-state index is 0.153. The third-order valence-electron chi connectivity index (χ3n) is 1.22. The molecular weight excluding hydrogens is 114 g/mol. The maximum Gasteiger partial charge on any atom is 0.0697 e. The van der Waals surface area contributed by atoms with Crippen LogP contribution < -0.4 is 5.73 Å². The van der Waals surface area contributed by atoms with E-state index >= 15 is 0 Å². The fraction of sp³-hybridized carbons (Fsp3) is 1.00. The zero-order chi connectivity index (χ0) is 7.44. The van der Waals surface area contributed by atoms with Crippen molar-refractivity contribution < 1.29 is 0 Å². The molecule has 0 aliphatic carbocycles. The molecule has 0 aromatic carbocycles. The van der Waals surface area contributed by atoms with Gasteiger partial charge in [0.25, 0.3) is 0 Å². The fourth-order valence-electron chi connectivity index (χ4n) is 0.537. The van der Waals surface area contributed by atoms with Gasteiger partial charge >= 0.3 is 0 Å². The minimum Gasteiger partial charge on any atom is -0.315 e. The van der Waals surface area contributed by atoms with Gasteiger partial charge in [-0.15, -0.1) is 0 Å². The Bertz CT molecular complexity index is 70.7. The summed E-state index contributed by atoms with van der Waals surface area (Å²) in [5.74, 6) is 0. The van der Waals surface area contributed by atoms with Crippen LogP contribution in [0.4, 0.5) is 0 Å². The summed E-state index contributed by atoms with van der Waals surface area (Å²) >= 11 is 0. The molecular formula is C6H17N3. The van der Waals surface area contributed by atoms with E-state index in [2.05, 4.69) is 4.90 Å². The Morgan fingerprint density at radius 2 is 1.67 bits per heavy atom. The number of likely N-dealkylation sites (N-methyl/N-ethyl adjacent to an activating group) is 2. The highest BCUT2D eigenvalue weighted by molar-refractivity contribution is 4.59. The second-order valence-electron chi connectivity index (χ2n) is 2.79. The second kappa shape index (κ2) is 3.82. The third kappa shape index (κ3) is 4.39. The lowest BCUT2D eigenvalue weighted by molar-refractivity contribution is 0.234. The van der Waals surface area contributed by atoms with Crippen LogP contribution in [0, 0.1) is 0 Å². The van der Waals surface area contributed by atoms with Crippen LogP contribution >= 0.6 is 0 Å². The molecule has 0 rings (SSSR count). The summed E-state index contributed by atoms with van der Waals surface area (Å²) in [6.45, 7) is 0.910. The maximum absolute atomic E-state index is 5.70. The predicted octanol–water partition coefficient (Wildman–Crippen LogP) is -0.606. The van der Waals surface area contributed by atoms with E-state index in [0.29, 0.717) is 0 Å². The molecule has 1 atom stereocenters. The molecule has 0 heterocycles. The first-order valence-electron chi connectivity index (χ1n) is 3.10. The van der Waals surface area contributed by atoms with Crippen molar-refractivity contribution in [2.75, 3.05) is 34.7 Å². The van der Waals surface area contributed by atoms with Crippen molar-refractivity contribution >= 4 is 0 Å². The van der Waals surface area contributed by atoms with Gasteiger partial charge < -0.3 is 10.6 Å². The monoisotopic (exact) mass is 131 g/mol. The number of nitrogens with zero attached hydrogens (tertiary/aromatic N) is 2. The SMILES string of the molecule is CN(C)C[C@@H](N)N(C)C. The van der Waals surface area contributed by atoms with E-state index in [4.69, 9.17) is 5.73 Å². The van der Waals surface area contributed by atoms with E-state index in [1.165, 1.54) is 0 Å². The van der Waals surface area contributed by atoms with Gasteiger partial charge in [0.2, 0.25) is 0 Å². The van der Waals surface area contributed by atoms with E-state index in [0.717, 1.165) is 6.54 Å². The first-order valence-corrected chi connectivity index (χ1v) is 3.10. The van der Waals surface area contributed by atoms with Crippen LogP contribution in [0.1, 0.15) is 0 Å². The Hall–Kier alpha value is -0.120. The summed E-state index contributed by atoms with van der Waals surface area (Å²) in [4.78, 5) is 4.07. The molecule has 0 radical (unpaired) electrons. The van der Waals surface area contributed by atoms with Gasteiger partial charge in [-0.3, -0.25) is 4.90 Å². The summed E-state index contributed by atoms with van der Waals surface area (Å²) in [5.41, 5.74) is 5.70. The molecule has 0 bridgehead atoms. The van der Waals surface area contributed by atoms with E-state index in [-0.39, 0.29) is 6.17 Å². The van der Waals surface area contributed by atoms with Crippen molar-refractivity contribution in [2.24, 2.45) is 5.73 Å². The average molecular weight is 131 g/mol. The Balaban J connectivity index is 3.38. The zero-order valence-electron chi connectivity index (χ0n) is 6.76. The molecule has 9 heavy (non-hydrogen) atoms. The van der Waals surface area contributed by atoms with Crippen LogP contribution in [-0.2, 0) is 0 Å². The van der Waals surface area contributed by atoms with Gasteiger partial charge in [0.15, 0.2) is 0 Å². The Morgan fingerprint density at radius 1 is 1.22 bits per heavy atom. The molecule has 0 aromatic rings. The smallest absolute Gasteiger partial charge is 0.0697 e. The van der Waals surface area contributed by atoms with Gasteiger partial charge in [-0.05, 0) is 28.2 Å².